The third-order valence-electron chi connectivity index (χ3n) is 3.46. The average Bonchev–Trinajstić information content (AvgIpc) is 2.60. The molecule has 0 amide bonds. The van der Waals surface area contributed by atoms with E-state index in [1.165, 1.54) is 30.0 Å². The molecule has 2 aromatic carbocycles. The van der Waals surface area contributed by atoms with E-state index in [1.807, 2.05) is 30.3 Å². The molecule has 0 spiro atoms. The van der Waals surface area contributed by atoms with E-state index in [0.717, 1.165) is 4.90 Å². The third kappa shape index (κ3) is 5.15. The lowest BCUT2D eigenvalue weighted by atomic mass is 10.1. The molecule has 0 bridgehead atoms. The van der Waals surface area contributed by atoms with Crippen molar-refractivity contribution in [2.45, 2.75) is 24.0 Å². The van der Waals surface area contributed by atoms with E-state index in [-0.39, 0.29) is 11.3 Å². The molecule has 0 radical (unpaired) electrons. The number of rotatable bonds is 7. The van der Waals surface area contributed by atoms with Crippen LogP contribution in [0.25, 0.3) is 0 Å². The molecule has 0 saturated carbocycles. The molecule has 7 heteroatoms. The van der Waals surface area contributed by atoms with Crippen molar-refractivity contribution in [3.8, 4) is 0 Å². The minimum atomic E-state index is -0.545. The van der Waals surface area contributed by atoms with Crippen LogP contribution >= 0.6 is 11.8 Å². The van der Waals surface area contributed by atoms with Gasteiger partial charge < -0.3 is 4.74 Å². The number of nitrogens with zero attached hydrogens (tertiary/aromatic N) is 1. The Hall–Kier alpha value is -2.67. The number of thioether (sulfide) groups is 1. The molecule has 0 aliphatic rings. The first-order chi connectivity index (χ1) is 11.9. The number of aryl methyl sites for hydroxylation is 1. The van der Waals surface area contributed by atoms with Crippen LogP contribution in [0.15, 0.2) is 53.4 Å². The van der Waals surface area contributed by atoms with Crippen LogP contribution in [0.1, 0.15) is 22.8 Å². The zero-order valence-electron chi connectivity index (χ0n) is 13.8. The van der Waals surface area contributed by atoms with Gasteiger partial charge in [-0.15, -0.1) is 11.8 Å². The maximum absolute atomic E-state index is 12.1. The van der Waals surface area contributed by atoms with Crippen LogP contribution in [0.2, 0.25) is 0 Å². The molecule has 0 unspecified atom stereocenters. The number of ether oxygens (including phenoxy) is 1. The predicted molar refractivity (Wildman–Crippen MR) is 94.9 cm³/mol. The minimum Gasteiger partial charge on any atom is -0.456 e. The molecule has 130 valence electrons. The second kappa shape index (κ2) is 8.43. The summed E-state index contributed by atoms with van der Waals surface area (Å²) in [7, 11) is 0. The van der Waals surface area contributed by atoms with Crippen molar-refractivity contribution in [3.05, 3.63) is 69.8 Å². The molecule has 0 heterocycles. The maximum Gasteiger partial charge on any atom is 0.319 e. The number of hydrogen-bond donors (Lipinski definition) is 0. The molecular formula is C18H17NO5S. The molecule has 2 aromatic rings. The molecule has 0 N–H and O–H groups in total. The maximum atomic E-state index is 12.1. The lowest BCUT2D eigenvalue weighted by molar-refractivity contribution is -0.385. The molecule has 1 atom stereocenters. The monoisotopic (exact) mass is 359 g/mol. The zero-order valence-corrected chi connectivity index (χ0v) is 14.6. The second-order valence-electron chi connectivity index (χ2n) is 5.36. The van der Waals surface area contributed by atoms with Crippen molar-refractivity contribution in [2.75, 3.05) is 6.61 Å². The van der Waals surface area contributed by atoms with Gasteiger partial charge in [0.05, 0.1) is 4.92 Å². The van der Waals surface area contributed by atoms with Gasteiger partial charge in [0.1, 0.15) is 5.25 Å². The molecular weight excluding hydrogens is 342 g/mol. The van der Waals surface area contributed by atoms with Gasteiger partial charge in [0.2, 0.25) is 5.78 Å². The van der Waals surface area contributed by atoms with E-state index in [2.05, 4.69) is 0 Å². The van der Waals surface area contributed by atoms with Gasteiger partial charge in [-0.25, -0.2) is 0 Å². The van der Waals surface area contributed by atoms with Gasteiger partial charge in [-0.1, -0.05) is 30.3 Å². The van der Waals surface area contributed by atoms with Crippen molar-refractivity contribution in [1.29, 1.82) is 0 Å². The van der Waals surface area contributed by atoms with E-state index in [4.69, 9.17) is 4.74 Å². The largest absolute Gasteiger partial charge is 0.456 e. The fraction of sp³-hybridized carbons (Fsp3) is 0.222. The van der Waals surface area contributed by atoms with Gasteiger partial charge >= 0.3 is 5.97 Å². The highest BCUT2D eigenvalue weighted by Crippen LogP contribution is 2.24. The van der Waals surface area contributed by atoms with Crippen LogP contribution < -0.4 is 0 Å². The summed E-state index contributed by atoms with van der Waals surface area (Å²) < 4.78 is 5.04. The quantitative estimate of drug-likeness (QED) is 0.246. The van der Waals surface area contributed by atoms with Crippen LogP contribution in [0.4, 0.5) is 5.69 Å². The first-order valence-electron chi connectivity index (χ1n) is 7.55. The number of carbonyl (C=O) groups is 2. The molecule has 0 aromatic heterocycles. The summed E-state index contributed by atoms with van der Waals surface area (Å²) in [5, 5.41) is 10.5. The summed E-state index contributed by atoms with van der Waals surface area (Å²) in [5.74, 6) is -0.989. The Morgan fingerprint density at radius 3 is 2.52 bits per heavy atom. The van der Waals surface area contributed by atoms with Crippen molar-refractivity contribution in [2.24, 2.45) is 0 Å². The third-order valence-corrected chi connectivity index (χ3v) is 4.55. The predicted octanol–water partition coefficient (Wildman–Crippen LogP) is 3.81. The fourth-order valence-corrected chi connectivity index (χ4v) is 2.95. The van der Waals surface area contributed by atoms with Crippen LogP contribution in [0.5, 0.6) is 0 Å². The number of nitro groups is 1. The molecule has 0 fully saturated rings. The number of carbonyl (C=O) groups excluding carboxylic acids is 2. The van der Waals surface area contributed by atoms with Crippen LogP contribution in [-0.2, 0) is 9.53 Å². The summed E-state index contributed by atoms with van der Waals surface area (Å²) in [6, 6.07) is 13.6. The van der Waals surface area contributed by atoms with Crippen LogP contribution in [0.3, 0.4) is 0 Å². The van der Waals surface area contributed by atoms with E-state index in [9.17, 15) is 19.7 Å². The summed E-state index contributed by atoms with van der Waals surface area (Å²) in [5.41, 5.74) is 0.477. The lowest BCUT2D eigenvalue weighted by Crippen LogP contribution is -2.21. The first kappa shape index (κ1) is 18.7. The van der Waals surface area contributed by atoms with Crippen molar-refractivity contribution < 1.29 is 19.2 Å². The Balaban J connectivity index is 1.94. The standard InChI is InChI=1S/C18H17NO5S/c1-12-8-9-14(10-16(12)19(22)23)17(20)11-24-18(21)13(2)25-15-6-4-3-5-7-15/h3-10,13H,11H2,1-2H3/t13-/m0/s1. The highest BCUT2D eigenvalue weighted by Gasteiger charge is 2.19. The Bertz CT molecular complexity index is 791. The Kier molecular flexibility index (Phi) is 6.30. The first-order valence-corrected chi connectivity index (χ1v) is 8.43. The number of hydrogen-bond acceptors (Lipinski definition) is 6. The van der Waals surface area contributed by atoms with Gasteiger partial charge in [0, 0.05) is 22.1 Å². The van der Waals surface area contributed by atoms with Gasteiger partial charge in [-0.3, -0.25) is 19.7 Å². The van der Waals surface area contributed by atoms with Gasteiger partial charge in [0.15, 0.2) is 6.61 Å². The Morgan fingerprint density at radius 1 is 1.20 bits per heavy atom. The number of ketones is 1. The molecule has 6 nitrogen and oxygen atoms in total. The molecule has 0 saturated heterocycles. The van der Waals surface area contributed by atoms with E-state index < -0.39 is 28.5 Å². The number of benzene rings is 2. The average molecular weight is 359 g/mol. The molecule has 0 aliphatic heterocycles. The van der Waals surface area contributed by atoms with Crippen molar-refractivity contribution in [1.82, 2.24) is 0 Å². The highest BCUT2D eigenvalue weighted by molar-refractivity contribution is 8.00. The zero-order chi connectivity index (χ0) is 18.4. The van der Waals surface area contributed by atoms with Gasteiger partial charge in [-0.2, -0.15) is 0 Å². The van der Waals surface area contributed by atoms with Crippen molar-refractivity contribution >= 4 is 29.2 Å². The topological polar surface area (TPSA) is 86.5 Å². The Labute approximate surface area is 149 Å². The van der Waals surface area contributed by atoms with E-state index in [1.54, 1.807) is 13.8 Å². The van der Waals surface area contributed by atoms with E-state index >= 15 is 0 Å². The van der Waals surface area contributed by atoms with E-state index in [0.29, 0.717) is 5.56 Å². The summed E-state index contributed by atoms with van der Waals surface area (Å²) in [4.78, 5) is 35.4. The molecule has 0 aliphatic carbocycles. The normalized spacial score (nSPS) is 11.6. The second-order valence-corrected chi connectivity index (χ2v) is 6.78. The lowest BCUT2D eigenvalue weighted by Gasteiger charge is -2.11. The van der Waals surface area contributed by atoms with Crippen LogP contribution in [-0.4, -0.2) is 28.5 Å². The number of Topliss-reactive ketones (excluding diaryl/α,β-unsaturated/α-hetero) is 1. The summed E-state index contributed by atoms with van der Waals surface area (Å²) in [6.07, 6.45) is 0. The van der Waals surface area contributed by atoms with Gasteiger partial charge in [0.25, 0.3) is 5.69 Å². The van der Waals surface area contributed by atoms with Gasteiger partial charge in [-0.05, 0) is 26.0 Å². The minimum absolute atomic E-state index is 0.134. The smallest absolute Gasteiger partial charge is 0.319 e. The van der Waals surface area contributed by atoms with Crippen molar-refractivity contribution in [3.63, 3.8) is 0 Å². The fourth-order valence-electron chi connectivity index (χ4n) is 2.07. The Morgan fingerprint density at radius 2 is 1.88 bits per heavy atom. The molecule has 2 rings (SSSR count). The summed E-state index contributed by atoms with van der Waals surface area (Å²) in [6.45, 7) is 2.84. The molecule has 25 heavy (non-hydrogen) atoms. The summed E-state index contributed by atoms with van der Waals surface area (Å²) >= 11 is 1.33. The number of esters is 1. The van der Waals surface area contributed by atoms with Crippen LogP contribution in [0, 0.1) is 17.0 Å². The SMILES string of the molecule is Cc1ccc(C(=O)COC(=O)[C@H](C)Sc2ccccc2)cc1[N+](=O)[O-]. The number of nitro benzene ring substituents is 1. The highest BCUT2D eigenvalue weighted by atomic mass is 32.2.